The van der Waals surface area contributed by atoms with Gasteiger partial charge in [0.15, 0.2) is 5.52 Å². The van der Waals surface area contributed by atoms with Gasteiger partial charge in [-0.3, -0.25) is 14.5 Å². The molecule has 0 bridgehead atoms. The fraction of sp³-hybridized carbons (Fsp3) is 0.0952. The Bertz CT molecular complexity index is 1480. The second-order valence-corrected chi connectivity index (χ2v) is 6.97. The van der Waals surface area contributed by atoms with Gasteiger partial charge in [0.1, 0.15) is 5.52 Å². The molecule has 9 nitrogen and oxygen atoms in total. The summed E-state index contributed by atoms with van der Waals surface area (Å²) in [5.74, 6) is -0.986. The number of hydrogen-bond acceptors (Lipinski definition) is 5. The van der Waals surface area contributed by atoms with E-state index < -0.39 is 5.97 Å². The smallest absolute Gasteiger partial charge is 0.338 e. The van der Waals surface area contributed by atoms with Crippen LogP contribution in [0.3, 0.4) is 0 Å². The molecule has 0 spiro atoms. The number of aromatic nitrogens is 6. The van der Waals surface area contributed by atoms with Crippen LogP contribution in [0.5, 0.6) is 0 Å². The second kappa shape index (κ2) is 6.66. The van der Waals surface area contributed by atoms with E-state index >= 15 is 0 Å². The maximum Gasteiger partial charge on any atom is 0.338 e. The summed E-state index contributed by atoms with van der Waals surface area (Å²) in [5, 5.41) is 19.6. The van der Waals surface area contributed by atoms with Crippen molar-refractivity contribution < 1.29 is 9.90 Å². The average molecular weight is 400 g/mol. The first-order valence-electron chi connectivity index (χ1n) is 9.26. The largest absolute Gasteiger partial charge is 0.478 e. The van der Waals surface area contributed by atoms with Gasteiger partial charge >= 0.3 is 5.97 Å². The van der Waals surface area contributed by atoms with E-state index in [-0.39, 0.29) is 23.1 Å². The van der Waals surface area contributed by atoms with Crippen LogP contribution in [-0.2, 0) is 0 Å². The van der Waals surface area contributed by atoms with Crippen molar-refractivity contribution in [1.82, 2.24) is 29.5 Å². The molecular formula is C21H16N6O3. The molecule has 0 aliphatic heterocycles. The molecule has 148 valence electrons. The van der Waals surface area contributed by atoms with Crippen LogP contribution in [0, 0.1) is 0 Å². The van der Waals surface area contributed by atoms with E-state index in [1.54, 1.807) is 4.68 Å². The van der Waals surface area contributed by atoms with Crippen molar-refractivity contribution >= 4 is 27.8 Å². The Morgan fingerprint density at radius 3 is 2.67 bits per heavy atom. The Labute approximate surface area is 169 Å². The Morgan fingerprint density at radius 2 is 1.90 bits per heavy atom. The van der Waals surface area contributed by atoms with Gasteiger partial charge in [-0.25, -0.2) is 14.5 Å². The average Bonchev–Trinajstić information content (AvgIpc) is 3.40. The number of aromatic carboxylic acids is 1. The highest BCUT2D eigenvalue weighted by Gasteiger charge is 2.18. The molecule has 0 fully saturated rings. The van der Waals surface area contributed by atoms with Gasteiger partial charge < -0.3 is 5.11 Å². The molecule has 0 aliphatic rings. The number of carboxylic acids is 1. The first kappa shape index (κ1) is 17.8. The van der Waals surface area contributed by atoms with Gasteiger partial charge in [-0.2, -0.15) is 10.2 Å². The van der Waals surface area contributed by atoms with Gasteiger partial charge in [-0.05, 0) is 29.3 Å². The molecule has 0 aliphatic carbocycles. The summed E-state index contributed by atoms with van der Waals surface area (Å²) < 4.78 is 2.86. The van der Waals surface area contributed by atoms with E-state index in [2.05, 4.69) is 26.2 Å². The quantitative estimate of drug-likeness (QED) is 0.479. The van der Waals surface area contributed by atoms with Crippen molar-refractivity contribution in [2.45, 2.75) is 13.0 Å². The fourth-order valence-electron chi connectivity index (χ4n) is 3.52. The van der Waals surface area contributed by atoms with Crippen LogP contribution in [0.4, 0.5) is 0 Å². The van der Waals surface area contributed by atoms with E-state index in [0.717, 1.165) is 16.3 Å². The predicted molar refractivity (Wildman–Crippen MR) is 110 cm³/mol. The van der Waals surface area contributed by atoms with Crippen molar-refractivity contribution in [1.29, 1.82) is 0 Å². The third kappa shape index (κ3) is 2.84. The predicted octanol–water partition coefficient (Wildman–Crippen LogP) is 2.77. The molecule has 5 rings (SSSR count). The Kier molecular flexibility index (Phi) is 3.95. The lowest BCUT2D eigenvalue weighted by Gasteiger charge is -2.14. The summed E-state index contributed by atoms with van der Waals surface area (Å²) in [6.45, 7) is 1.97. The summed E-state index contributed by atoms with van der Waals surface area (Å²) in [6, 6.07) is 14.0. The van der Waals surface area contributed by atoms with Gasteiger partial charge in [0.2, 0.25) is 5.95 Å². The molecular weight excluding hydrogens is 384 g/mol. The third-order valence-electron chi connectivity index (χ3n) is 5.11. The van der Waals surface area contributed by atoms with Crippen LogP contribution in [0.2, 0.25) is 0 Å². The molecule has 5 aromatic rings. The molecule has 9 heteroatoms. The number of nitrogens with one attached hydrogen (secondary N) is 1. The number of H-pyrrole nitrogens is 1. The highest BCUT2D eigenvalue weighted by atomic mass is 16.4. The number of nitrogens with zero attached hydrogens (tertiary/aromatic N) is 5. The van der Waals surface area contributed by atoms with Gasteiger partial charge in [-0.1, -0.05) is 36.4 Å². The van der Waals surface area contributed by atoms with Crippen molar-refractivity contribution in [3.05, 3.63) is 82.5 Å². The molecule has 0 saturated carbocycles. The Morgan fingerprint density at radius 1 is 1.10 bits per heavy atom. The standard InChI is InChI=1S/C21H16N6O3/c1-12(14-7-6-13-4-2-3-5-15(13)8-14)27-18-17(10-23-27)24-21(25-19(18)28)26-11-16(9-22-26)20(29)30/h2-12H,1H3,(H,29,30)(H,24,25,28). The number of benzene rings is 2. The molecule has 2 aromatic carbocycles. The first-order chi connectivity index (χ1) is 14.5. The Hall–Kier alpha value is -4.27. The van der Waals surface area contributed by atoms with E-state index in [9.17, 15) is 9.59 Å². The number of hydrogen-bond donors (Lipinski definition) is 2. The van der Waals surface area contributed by atoms with Crippen LogP contribution in [-0.4, -0.2) is 40.6 Å². The molecule has 30 heavy (non-hydrogen) atoms. The Balaban J connectivity index is 1.58. The van der Waals surface area contributed by atoms with E-state index in [4.69, 9.17) is 5.11 Å². The zero-order valence-electron chi connectivity index (χ0n) is 15.9. The summed E-state index contributed by atoms with van der Waals surface area (Å²) in [4.78, 5) is 30.9. The highest BCUT2D eigenvalue weighted by molar-refractivity contribution is 5.87. The van der Waals surface area contributed by atoms with Crippen LogP contribution >= 0.6 is 0 Å². The van der Waals surface area contributed by atoms with Crippen molar-refractivity contribution in [2.24, 2.45) is 0 Å². The molecule has 1 atom stereocenters. The van der Waals surface area contributed by atoms with Crippen LogP contribution in [0.15, 0.2) is 65.8 Å². The minimum Gasteiger partial charge on any atom is -0.478 e. The molecule has 0 radical (unpaired) electrons. The van der Waals surface area contributed by atoms with E-state index in [1.807, 2.05) is 43.3 Å². The lowest BCUT2D eigenvalue weighted by molar-refractivity contribution is 0.0697. The van der Waals surface area contributed by atoms with Gasteiger partial charge in [0.05, 0.1) is 24.0 Å². The number of fused-ring (bicyclic) bond motifs is 2. The third-order valence-corrected chi connectivity index (χ3v) is 5.11. The number of carbonyl (C=O) groups is 1. The molecule has 3 heterocycles. The van der Waals surface area contributed by atoms with Crippen molar-refractivity contribution in [3.63, 3.8) is 0 Å². The van der Waals surface area contributed by atoms with Crippen molar-refractivity contribution in [2.75, 3.05) is 0 Å². The summed E-state index contributed by atoms with van der Waals surface area (Å²) >= 11 is 0. The van der Waals surface area contributed by atoms with Crippen LogP contribution in [0.25, 0.3) is 27.8 Å². The molecule has 0 saturated heterocycles. The number of rotatable bonds is 4. The summed E-state index contributed by atoms with van der Waals surface area (Å²) in [7, 11) is 0. The van der Waals surface area contributed by atoms with Crippen LogP contribution < -0.4 is 5.56 Å². The first-order valence-corrected chi connectivity index (χ1v) is 9.26. The minimum atomic E-state index is -1.11. The molecule has 0 amide bonds. The SMILES string of the molecule is CC(c1ccc2ccccc2c1)n1ncc2nc(-n3cc(C(=O)O)cn3)[nH]c(=O)c21. The topological polar surface area (TPSA) is 119 Å². The van der Waals surface area contributed by atoms with E-state index in [0.29, 0.717) is 11.0 Å². The number of aromatic amines is 1. The van der Waals surface area contributed by atoms with E-state index in [1.165, 1.54) is 23.3 Å². The van der Waals surface area contributed by atoms with Crippen LogP contribution in [0.1, 0.15) is 28.9 Å². The lowest BCUT2D eigenvalue weighted by Crippen LogP contribution is -2.18. The minimum absolute atomic E-state index is 0.00151. The fourth-order valence-corrected chi connectivity index (χ4v) is 3.52. The zero-order valence-corrected chi connectivity index (χ0v) is 15.9. The van der Waals surface area contributed by atoms with Gasteiger partial charge in [0.25, 0.3) is 5.56 Å². The maximum absolute atomic E-state index is 12.8. The van der Waals surface area contributed by atoms with Gasteiger partial charge in [-0.15, -0.1) is 0 Å². The summed E-state index contributed by atoms with van der Waals surface area (Å²) in [6.07, 6.45) is 4.00. The lowest BCUT2D eigenvalue weighted by atomic mass is 10.0. The second-order valence-electron chi connectivity index (χ2n) is 6.97. The van der Waals surface area contributed by atoms with Crippen molar-refractivity contribution in [3.8, 4) is 5.95 Å². The monoisotopic (exact) mass is 400 g/mol. The number of carboxylic acid groups (broad SMARTS) is 1. The van der Waals surface area contributed by atoms with Gasteiger partial charge in [0, 0.05) is 6.20 Å². The normalized spacial score (nSPS) is 12.4. The summed E-state index contributed by atoms with van der Waals surface area (Å²) in [5.41, 5.74) is 1.37. The molecule has 3 aromatic heterocycles. The molecule has 2 N–H and O–H groups in total. The zero-order chi connectivity index (χ0) is 20.8. The molecule has 1 unspecified atom stereocenters. The maximum atomic E-state index is 12.8. The highest BCUT2D eigenvalue weighted by Crippen LogP contribution is 2.24.